The van der Waals surface area contributed by atoms with Gasteiger partial charge in [0, 0.05) is 69.0 Å². The smallest absolute Gasteiger partial charge is 0.321 e. The fraction of sp³-hybridized carbons (Fsp3) is 0.429. The Balaban J connectivity index is 1.49. The zero-order valence-corrected chi connectivity index (χ0v) is 21.8. The standard InChI is InChI=1S/C28H38N4O4/c1-22(2)27(33)31(14-8-10-23-9-5-6-13-26(23)36-4)18-15-30-16-19-32(20-17-30)28(34)29-24-11-7-12-25(21-24)35-3/h5-13,21-22H,14-20H2,1-4H3,(H,29,34)/b10-8+. The van der Waals surface area contributed by atoms with Gasteiger partial charge in [-0.05, 0) is 18.2 Å². The quantitative estimate of drug-likeness (QED) is 0.539. The Morgan fingerprint density at radius 2 is 1.78 bits per heavy atom. The largest absolute Gasteiger partial charge is 0.497 e. The van der Waals surface area contributed by atoms with Crippen LogP contribution in [0.25, 0.3) is 6.08 Å². The minimum Gasteiger partial charge on any atom is -0.497 e. The van der Waals surface area contributed by atoms with Crippen molar-refractivity contribution in [2.24, 2.45) is 5.92 Å². The molecule has 1 heterocycles. The number of rotatable bonds is 10. The average Bonchev–Trinajstić information content (AvgIpc) is 2.90. The number of benzene rings is 2. The number of methoxy groups -OCH3 is 2. The number of nitrogens with zero attached hydrogens (tertiary/aromatic N) is 3. The molecule has 0 bridgehead atoms. The topological polar surface area (TPSA) is 74.3 Å². The van der Waals surface area contributed by atoms with Gasteiger partial charge in [-0.25, -0.2) is 4.79 Å². The zero-order chi connectivity index (χ0) is 25.9. The van der Waals surface area contributed by atoms with Crippen LogP contribution in [0.2, 0.25) is 0 Å². The van der Waals surface area contributed by atoms with Crippen LogP contribution in [-0.2, 0) is 4.79 Å². The zero-order valence-electron chi connectivity index (χ0n) is 21.8. The summed E-state index contributed by atoms with van der Waals surface area (Å²) in [4.78, 5) is 31.5. The molecule has 3 amide bonds. The number of carbonyl (C=O) groups excluding carboxylic acids is 2. The molecule has 0 aliphatic carbocycles. The number of piperazine rings is 1. The van der Waals surface area contributed by atoms with Crippen molar-refractivity contribution in [3.63, 3.8) is 0 Å². The first-order valence-electron chi connectivity index (χ1n) is 12.4. The molecule has 8 heteroatoms. The molecule has 0 unspecified atom stereocenters. The van der Waals surface area contributed by atoms with Crippen LogP contribution in [0.15, 0.2) is 54.6 Å². The third-order valence-corrected chi connectivity index (χ3v) is 6.23. The molecule has 1 aliphatic heterocycles. The van der Waals surface area contributed by atoms with Crippen LogP contribution in [0.4, 0.5) is 10.5 Å². The van der Waals surface area contributed by atoms with Crippen LogP contribution in [-0.4, -0.2) is 86.7 Å². The van der Waals surface area contributed by atoms with Crippen LogP contribution in [0.3, 0.4) is 0 Å². The van der Waals surface area contributed by atoms with Crippen LogP contribution < -0.4 is 14.8 Å². The van der Waals surface area contributed by atoms with Gasteiger partial charge in [-0.15, -0.1) is 0 Å². The molecule has 1 fully saturated rings. The first-order chi connectivity index (χ1) is 17.4. The maximum Gasteiger partial charge on any atom is 0.321 e. The Labute approximate surface area is 214 Å². The highest BCUT2D eigenvalue weighted by atomic mass is 16.5. The molecule has 0 aromatic heterocycles. The lowest BCUT2D eigenvalue weighted by Gasteiger charge is -2.36. The average molecular weight is 495 g/mol. The van der Waals surface area contributed by atoms with Crippen LogP contribution >= 0.6 is 0 Å². The van der Waals surface area contributed by atoms with E-state index in [1.54, 1.807) is 20.3 Å². The molecule has 1 aliphatic rings. The van der Waals surface area contributed by atoms with E-state index < -0.39 is 0 Å². The molecular formula is C28H38N4O4. The molecule has 0 atom stereocenters. The third-order valence-electron chi connectivity index (χ3n) is 6.23. The Bertz CT molecular complexity index is 1030. The van der Waals surface area contributed by atoms with Gasteiger partial charge < -0.3 is 24.6 Å². The fourth-order valence-corrected chi connectivity index (χ4v) is 4.11. The lowest BCUT2D eigenvalue weighted by molar-refractivity contribution is -0.134. The minimum atomic E-state index is -0.110. The highest BCUT2D eigenvalue weighted by Gasteiger charge is 2.23. The predicted octanol–water partition coefficient (Wildman–Crippen LogP) is 4.05. The van der Waals surface area contributed by atoms with Crippen molar-refractivity contribution in [3.05, 3.63) is 60.2 Å². The van der Waals surface area contributed by atoms with E-state index >= 15 is 0 Å². The SMILES string of the molecule is COc1cccc(NC(=O)N2CCN(CCN(C/C=C/c3ccccc3OC)C(=O)C(C)C)CC2)c1. The van der Waals surface area contributed by atoms with Crippen LogP contribution in [0.5, 0.6) is 11.5 Å². The maximum absolute atomic E-state index is 12.8. The number of amides is 3. The Morgan fingerprint density at radius 3 is 2.47 bits per heavy atom. The van der Waals surface area contributed by atoms with E-state index in [0.717, 1.165) is 30.9 Å². The first kappa shape index (κ1) is 27.1. The van der Waals surface area contributed by atoms with Crippen LogP contribution in [0, 0.1) is 5.92 Å². The lowest BCUT2D eigenvalue weighted by atomic mass is 10.1. The van der Waals surface area contributed by atoms with E-state index in [-0.39, 0.29) is 17.9 Å². The third kappa shape index (κ3) is 7.75. The second-order valence-corrected chi connectivity index (χ2v) is 9.07. The normalized spacial score (nSPS) is 14.2. The second-order valence-electron chi connectivity index (χ2n) is 9.07. The number of hydrogen-bond acceptors (Lipinski definition) is 5. The first-order valence-corrected chi connectivity index (χ1v) is 12.4. The fourth-order valence-electron chi connectivity index (χ4n) is 4.11. The van der Waals surface area contributed by atoms with Gasteiger partial charge in [-0.1, -0.05) is 50.3 Å². The summed E-state index contributed by atoms with van der Waals surface area (Å²) in [5.74, 6) is 1.58. The Kier molecular flexibility index (Phi) is 10.2. The molecule has 8 nitrogen and oxygen atoms in total. The molecule has 0 saturated carbocycles. The van der Waals surface area contributed by atoms with Gasteiger partial charge in [-0.3, -0.25) is 9.69 Å². The van der Waals surface area contributed by atoms with Crippen molar-refractivity contribution < 1.29 is 19.1 Å². The molecular weight excluding hydrogens is 456 g/mol. The van der Waals surface area contributed by atoms with Gasteiger partial charge in [0.2, 0.25) is 5.91 Å². The summed E-state index contributed by atoms with van der Waals surface area (Å²) in [5.41, 5.74) is 1.70. The number of carbonyl (C=O) groups is 2. The molecule has 2 aromatic rings. The van der Waals surface area contributed by atoms with E-state index in [2.05, 4.69) is 10.2 Å². The number of hydrogen-bond donors (Lipinski definition) is 1. The van der Waals surface area contributed by atoms with E-state index in [9.17, 15) is 9.59 Å². The summed E-state index contributed by atoms with van der Waals surface area (Å²) in [6.45, 7) is 8.63. The molecule has 0 spiro atoms. The Hall–Kier alpha value is -3.52. The second kappa shape index (κ2) is 13.5. The summed E-state index contributed by atoms with van der Waals surface area (Å²) in [6, 6.07) is 15.1. The molecule has 2 aromatic carbocycles. The van der Waals surface area contributed by atoms with Crippen LogP contribution in [0.1, 0.15) is 19.4 Å². The number of para-hydroxylation sites is 1. The monoisotopic (exact) mass is 494 g/mol. The minimum absolute atomic E-state index is 0.0678. The van der Waals surface area contributed by atoms with Gasteiger partial charge in [-0.2, -0.15) is 0 Å². The summed E-state index contributed by atoms with van der Waals surface area (Å²) in [6.07, 6.45) is 4.01. The molecule has 0 radical (unpaired) electrons. The van der Waals surface area contributed by atoms with E-state index in [0.29, 0.717) is 37.6 Å². The number of nitrogens with one attached hydrogen (secondary N) is 1. The van der Waals surface area contributed by atoms with Crippen molar-refractivity contribution in [2.75, 3.05) is 65.3 Å². The molecule has 36 heavy (non-hydrogen) atoms. The molecule has 3 rings (SSSR count). The van der Waals surface area contributed by atoms with E-state index in [1.807, 2.05) is 78.3 Å². The summed E-state index contributed by atoms with van der Waals surface area (Å²) in [5, 5.41) is 2.94. The van der Waals surface area contributed by atoms with Crippen molar-refractivity contribution in [2.45, 2.75) is 13.8 Å². The maximum atomic E-state index is 12.8. The number of urea groups is 1. The lowest BCUT2D eigenvalue weighted by Crippen LogP contribution is -2.51. The number of anilines is 1. The van der Waals surface area contributed by atoms with Gasteiger partial charge in [0.15, 0.2) is 0 Å². The van der Waals surface area contributed by atoms with Gasteiger partial charge in [0.05, 0.1) is 14.2 Å². The van der Waals surface area contributed by atoms with E-state index in [4.69, 9.17) is 9.47 Å². The molecule has 1 saturated heterocycles. The Morgan fingerprint density at radius 1 is 1.03 bits per heavy atom. The van der Waals surface area contributed by atoms with E-state index in [1.165, 1.54) is 0 Å². The highest BCUT2D eigenvalue weighted by molar-refractivity contribution is 5.89. The summed E-state index contributed by atoms with van der Waals surface area (Å²) >= 11 is 0. The van der Waals surface area contributed by atoms with Crippen molar-refractivity contribution in [1.29, 1.82) is 0 Å². The van der Waals surface area contributed by atoms with Gasteiger partial charge in [0.1, 0.15) is 11.5 Å². The predicted molar refractivity (Wildman–Crippen MR) is 143 cm³/mol. The van der Waals surface area contributed by atoms with Gasteiger partial charge >= 0.3 is 6.03 Å². The van der Waals surface area contributed by atoms with Crippen molar-refractivity contribution in [1.82, 2.24) is 14.7 Å². The summed E-state index contributed by atoms with van der Waals surface area (Å²) < 4.78 is 10.6. The van der Waals surface area contributed by atoms with Gasteiger partial charge in [0.25, 0.3) is 0 Å². The molecule has 1 N–H and O–H groups in total. The number of ether oxygens (including phenoxy) is 2. The summed E-state index contributed by atoms with van der Waals surface area (Å²) in [7, 11) is 3.26. The van der Waals surface area contributed by atoms with Crippen molar-refractivity contribution >= 4 is 23.7 Å². The highest BCUT2D eigenvalue weighted by Crippen LogP contribution is 2.19. The van der Waals surface area contributed by atoms with Crippen molar-refractivity contribution in [3.8, 4) is 11.5 Å². The molecule has 194 valence electrons.